The minimum Gasteiger partial charge on any atom is -0.506 e. The Hall–Kier alpha value is -1.37. The molecule has 0 atom stereocenters. The standard InChI is InChI=1S/C18H20BrNO3S/c1-13-11-16(12-17(19)18(13)21)24(22,23)20-9-7-15(8-10-20)14-5-3-2-4-6-14/h2-6,11-12,15,21H,7-10H2,1H3. The lowest BCUT2D eigenvalue weighted by atomic mass is 9.90. The first-order chi connectivity index (χ1) is 11.4. The van der Waals surface area contributed by atoms with Gasteiger partial charge >= 0.3 is 0 Å². The second-order valence-electron chi connectivity index (χ2n) is 6.16. The van der Waals surface area contributed by atoms with Gasteiger partial charge in [-0.05, 0) is 64.9 Å². The van der Waals surface area contributed by atoms with Gasteiger partial charge in [0.1, 0.15) is 5.75 Å². The molecule has 0 unspecified atom stereocenters. The zero-order valence-corrected chi connectivity index (χ0v) is 15.8. The lowest BCUT2D eigenvalue weighted by Crippen LogP contribution is -2.37. The van der Waals surface area contributed by atoms with Gasteiger partial charge in [0, 0.05) is 13.1 Å². The minimum absolute atomic E-state index is 0.0803. The van der Waals surface area contributed by atoms with Crippen molar-refractivity contribution >= 4 is 26.0 Å². The van der Waals surface area contributed by atoms with Crippen LogP contribution in [-0.2, 0) is 10.0 Å². The van der Waals surface area contributed by atoms with E-state index < -0.39 is 10.0 Å². The molecule has 24 heavy (non-hydrogen) atoms. The molecule has 0 bridgehead atoms. The molecule has 0 amide bonds. The number of phenolic OH excluding ortho intramolecular Hbond substituents is 1. The van der Waals surface area contributed by atoms with E-state index in [2.05, 4.69) is 28.1 Å². The number of phenols is 1. The number of piperidine rings is 1. The highest BCUT2D eigenvalue weighted by Gasteiger charge is 2.30. The quantitative estimate of drug-likeness (QED) is 0.831. The van der Waals surface area contributed by atoms with E-state index in [1.165, 1.54) is 17.7 Å². The molecule has 3 rings (SSSR count). The van der Waals surface area contributed by atoms with E-state index in [-0.39, 0.29) is 10.6 Å². The maximum Gasteiger partial charge on any atom is 0.243 e. The van der Waals surface area contributed by atoms with Crippen LogP contribution in [0.1, 0.15) is 29.9 Å². The average molecular weight is 410 g/mol. The molecule has 0 aliphatic carbocycles. The summed E-state index contributed by atoms with van der Waals surface area (Å²) in [5.74, 6) is 0.489. The van der Waals surface area contributed by atoms with E-state index in [1.807, 2.05) is 18.2 Å². The summed E-state index contributed by atoms with van der Waals surface area (Å²) in [7, 11) is -3.54. The summed E-state index contributed by atoms with van der Waals surface area (Å²) in [6, 6.07) is 13.3. The van der Waals surface area contributed by atoms with Crippen LogP contribution in [-0.4, -0.2) is 30.9 Å². The third-order valence-electron chi connectivity index (χ3n) is 4.59. The number of benzene rings is 2. The third kappa shape index (κ3) is 3.36. The van der Waals surface area contributed by atoms with Gasteiger partial charge in [-0.2, -0.15) is 4.31 Å². The zero-order chi connectivity index (χ0) is 17.3. The first-order valence-electron chi connectivity index (χ1n) is 7.94. The molecule has 0 saturated carbocycles. The van der Waals surface area contributed by atoms with Crippen molar-refractivity contribution in [2.24, 2.45) is 0 Å². The van der Waals surface area contributed by atoms with Crippen LogP contribution >= 0.6 is 15.9 Å². The predicted molar refractivity (Wildman–Crippen MR) is 97.7 cm³/mol. The predicted octanol–water partition coefficient (Wildman–Crippen LogP) is 4.03. The van der Waals surface area contributed by atoms with Crippen LogP contribution in [0.5, 0.6) is 5.75 Å². The molecule has 2 aromatic carbocycles. The SMILES string of the molecule is Cc1cc(S(=O)(=O)N2CCC(c3ccccc3)CC2)cc(Br)c1O. The van der Waals surface area contributed by atoms with Crippen molar-refractivity contribution in [1.82, 2.24) is 4.31 Å². The van der Waals surface area contributed by atoms with Gasteiger partial charge in [-0.15, -0.1) is 0 Å². The number of hydrogen-bond donors (Lipinski definition) is 1. The van der Waals surface area contributed by atoms with Crippen molar-refractivity contribution in [3.05, 3.63) is 58.1 Å². The molecule has 0 spiro atoms. The third-order valence-corrected chi connectivity index (χ3v) is 7.07. The summed E-state index contributed by atoms with van der Waals surface area (Å²) in [6.07, 6.45) is 1.64. The highest BCUT2D eigenvalue weighted by molar-refractivity contribution is 9.10. The average Bonchev–Trinajstić information content (AvgIpc) is 2.60. The molecule has 2 aromatic rings. The van der Waals surface area contributed by atoms with E-state index in [0.717, 1.165) is 12.8 Å². The molecule has 1 saturated heterocycles. The fourth-order valence-electron chi connectivity index (χ4n) is 3.16. The van der Waals surface area contributed by atoms with E-state index >= 15 is 0 Å². The number of rotatable bonds is 3. The monoisotopic (exact) mass is 409 g/mol. The second-order valence-corrected chi connectivity index (χ2v) is 8.95. The summed E-state index contributed by atoms with van der Waals surface area (Å²) in [5.41, 5.74) is 1.82. The van der Waals surface area contributed by atoms with E-state index in [4.69, 9.17) is 0 Å². The molecule has 1 aliphatic heterocycles. The maximum atomic E-state index is 12.9. The molecular weight excluding hydrogens is 390 g/mol. The Labute approximate surface area is 151 Å². The smallest absolute Gasteiger partial charge is 0.243 e. The molecular formula is C18H20BrNO3S. The Morgan fingerprint density at radius 1 is 1.12 bits per heavy atom. The summed E-state index contributed by atoms with van der Waals surface area (Å²) in [6.45, 7) is 2.72. The lowest BCUT2D eigenvalue weighted by molar-refractivity contribution is 0.319. The molecule has 1 heterocycles. The number of aryl methyl sites for hydroxylation is 1. The van der Waals surface area contributed by atoms with Crippen LogP contribution in [0, 0.1) is 6.92 Å². The highest BCUT2D eigenvalue weighted by Crippen LogP contribution is 2.34. The van der Waals surface area contributed by atoms with Crippen LogP contribution in [0.2, 0.25) is 0 Å². The van der Waals surface area contributed by atoms with Crippen LogP contribution in [0.15, 0.2) is 51.8 Å². The van der Waals surface area contributed by atoms with E-state index in [9.17, 15) is 13.5 Å². The zero-order valence-electron chi connectivity index (χ0n) is 13.4. The van der Waals surface area contributed by atoms with Crippen LogP contribution in [0.4, 0.5) is 0 Å². The molecule has 0 aromatic heterocycles. The Morgan fingerprint density at radius 3 is 2.33 bits per heavy atom. The summed E-state index contributed by atoms with van der Waals surface area (Å²) < 4.78 is 27.7. The van der Waals surface area contributed by atoms with Gasteiger partial charge in [0.15, 0.2) is 0 Å². The van der Waals surface area contributed by atoms with Gasteiger partial charge in [-0.1, -0.05) is 30.3 Å². The maximum absolute atomic E-state index is 12.9. The van der Waals surface area contributed by atoms with Gasteiger partial charge in [0.2, 0.25) is 10.0 Å². The van der Waals surface area contributed by atoms with Crippen molar-refractivity contribution in [2.45, 2.75) is 30.6 Å². The van der Waals surface area contributed by atoms with Crippen LogP contribution < -0.4 is 0 Å². The van der Waals surface area contributed by atoms with Gasteiger partial charge in [0.05, 0.1) is 9.37 Å². The van der Waals surface area contributed by atoms with Crippen molar-refractivity contribution in [2.75, 3.05) is 13.1 Å². The van der Waals surface area contributed by atoms with Crippen molar-refractivity contribution < 1.29 is 13.5 Å². The van der Waals surface area contributed by atoms with Crippen LogP contribution in [0.3, 0.4) is 0 Å². The number of sulfonamides is 1. The first-order valence-corrected chi connectivity index (χ1v) is 10.2. The molecule has 4 nitrogen and oxygen atoms in total. The van der Waals surface area contributed by atoms with Gasteiger partial charge in [0.25, 0.3) is 0 Å². The summed E-state index contributed by atoms with van der Waals surface area (Å²) in [4.78, 5) is 0.225. The van der Waals surface area contributed by atoms with Gasteiger partial charge < -0.3 is 5.11 Å². The Bertz CT molecular complexity index is 806. The number of hydrogen-bond acceptors (Lipinski definition) is 3. The van der Waals surface area contributed by atoms with Gasteiger partial charge in [-0.25, -0.2) is 8.42 Å². The molecule has 0 radical (unpaired) electrons. The fourth-order valence-corrected chi connectivity index (χ4v) is 5.45. The molecule has 1 aliphatic rings. The Morgan fingerprint density at radius 2 is 1.75 bits per heavy atom. The number of halogens is 1. The molecule has 6 heteroatoms. The Kier molecular flexibility index (Phi) is 4.99. The molecule has 128 valence electrons. The van der Waals surface area contributed by atoms with Crippen molar-refractivity contribution in [3.63, 3.8) is 0 Å². The first kappa shape index (κ1) is 17.5. The highest BCUT2D eigenvalue weighted by atomic mass is 79.9. The van der Waals surface area contributed by atoms with E-state index in [1.54, 1.807) is 11.2 Å². The topological polar surface area (TPSA) is 57.6 Å². The second kappa shape index (κ2) is 6.86. The minimum atomic E-state index is -3.54. The fraction of sp³-hybridized carbons (Fsp3) is 0.333. The molecule has 1 fully saturated rings. The van der Waals surface area contributed by atoms with Crippen molar-refractivity contribution in [1.29, 1.82) is 0 Å². The molecule has 1 N–H and O–H groups in total. The summed E-state index contributed by atoms with van der Waals surface area (Å²) >= 11 is 3.22. The number of aromatic hydroxyl groups is 1. The van der Waals surface area contributed by atoms with Crippen molar-refractivity contribution in [3.8, 4) is 5.75 Å². The van der Waals surface area contributed by atoms with E-state index in [0.29, 0.717) is 29.0 Å². The Balaban J connectivity index is 1.78. The lowest BCUT2D eigenvalue weighted by Gasteiger charge is -2.31. The summed E-state index contributed by atoms with van der Waals surface area (Å²) in [5, 5.41) is 9.81. The van der Waals surface area contributed by atoms with Crippen LogP contribution in [0.25, 0.3) is 0 Å². The number of nitrogens with zero attached hydrogens (tertiary/aromatic N) is 1. The largest absolute Gasteiger partial charge is 0.506 e. The van der Waals surface area contributed by atoms with Gasteiger partial charge in [-0.3, -0.25) is 0 Å². The normalized spacial score (nSPS) is 17.1.